The van der Waals surface area contributed by atoms with Crippen LogP contribution in [0.5, 0.6) is 0 Å². The number of aromatic nitrogens is 2. The van der Waals surface area contributed by atoms with Crippen molar-refractivity contribution in [3.05, 3.63) is 46.7 Å². The van der Waals surface area contributed by atoms with Crippen molar-refractivity contribution in [3.63, 3.8) is 0 Å². The van der Waals surface area contributed by atoms with Gasteiger partial charge in [0.2, 0.25) is 0 Å². The van der Waals surface area contributed by atoms with Crippen LogP contribution in [0.2, 0.25) is 5.02 Å². The Bertz CT molecular complexity index is 541. The fraction of sp³-hybridized carbons (Fsp3) is 0.231. The molecule has 0 N–H and O–H groups in total. The van der Waals surface area contributed by atoms with Crippen molar-refractivity contribution in [1.82, 2.24) is 9.78 Å². The maximum atomic E-state index is 11.8. The Balaban J connectivity index is 2.55. The topological polar surface area (TPSA) is 34.9 Å². The van der Waals surface area contributed by atoms with Crippen LogP contribution in [0.25, 0.3) is 5.69 Å². The van der Waals surface area contributed by atoms with Crippen molar-refractivity contribution in [2.45, 2.75) is 20.3 Å². The van der Waals surface area contributed by atoms with Gasteiger partial charge in [0.1, 0.15) is 0 Å². The molecule has 1 aromatic heterocycles. The van der Waals surface area contributed by atoms with Crippen molar-refractivity contribution in [1.29, 1.82) is 0 Å². The Morgan fingerprint density at radius 2 is 2.12 bits per heavy atom. The number of aryl methyl sites for hydroxylation is 1. The molecule has 2 rings (SSSR count). The highest BCUT2D eigenvalue weighted by molar-refractivity contribution is 6.31. The second-order valence-electron chi connectivity index (χ2n) is 3.80. The fourth-order valence-electron chi connectivity index (χ4n) is 1.66. The Labute approximate surface area is 105 Å². The van der Waals surface area contributed by atoms with E-state index in [0.29, 0.717) is 17.0 Å². The van der Waals surface area contributed by atoms with E-state index in [4.69, 9.17) is 11.6 Å². The molecule has 17 heavy (non-hydrogen) atoms. The summed E-state index contributed by atoms with van der Waals surface area (Å²) in [5.41, 5.74) is 2.20. The zero-order valence-electron chi connectivity index (χ0n) is 9.77. The van der Waals surface area contributed by atoms with Gasteiger partial charge in [0, 0.05) is 18.2 Å². The van der Waals surface area contributed by atoms with Crippen molar-refractivity contribution >= 4 is 17.4 Å². The molecule has 88 valence electrons. The van der Waals surface area contributed by atoms with Gasteiger partial charge in [-0.3, -0.25) is 4.79 Å². The van der Waals surface area contributed by atoms with Crippen LogP contribution >= 0.6 is 11.6 Å². The van der Waals surface area contributed by atoms with Crippen molar-refractivity contribution in [2.75, 3.05) is 0 Å². The second kappa shape index (κ2) is 4.72. The van der Waals surface area contributed by atoms with E-state index in [1.165, 1.54) is 0 Å². The minimum absolute atomic E-state index is 0.102. The smallest absolute Gasteiger partial charge is 0.164 e. The average molecular weight is 249 g/mol. The summed E-state index contributed by atoms with van der Waals surface area (Å²) in [6, 6.07) is 7.41. The molecule has 1 aromatic carbocycles. The number of rotatable bonds is 3. The maximum absolute atomic E-state index is 11.8. The van der Waals surface area contributed by atoms with Gasteiger partial charge in [0.15, 0.2) is 5.78 Å². The number of carbonyl (C=O) groups is 1. The third-order valence-corrected chi connectivity index (χ3v) is 2.98. The number of ketones is 1. The molecule has 0 saturated heterocycles. The van der Waals surface area contributed by atoms with Crippen molar-refractivity contribution in [2.24, 2.45) is 0 Å². The van der Waals surface area contributed by atoms with Gasteiger partial charge in [-0.25, -0.2) is 4.68 Å². The first-order valence-electron chi connectivity index (χ1n) is 5.48. The summed E-state index contributed by atoms with van der Waals surface area (Å²) in [4.78, 5) is 11.8. The van der Waals surface area contributed by atoms with Crippen LogP contribution in [-0.4, -0.2) is 15.6 Å². The van der Waals surface area contributed by atoms with Crippen molar-refractivity contribution < 1.29 is 4.79 Å². The summed E-state index contributed by atoms with van der Waals surface area (Å²) in [5.74, 6) is 0.102. The Hall–Kier alpha value is -1.61. The van der Waals surface area contributed by atoms with Crippen LogP contribution in [0, 0.1) is 6.92 Å². The molecule has 1 heterocycles. The predicted octanol–water partition coefficient (Wildman–Crippen LogP) is 3.43. The first kappa shape index (κ1) is 11.9. The molecule has 0 amide bonds. The Kier molecular flexibility index (Phi) is 3.29. The van der Waals surface area contributed by atoms with E-state index in [-0.39, 0.29) is 5.78 Å². The van der Waals surface area contributed by atoms with E-state index in [1.54, 1.807) is 10.9 Å². The van der Waals surface area contributed by atoms with Crippen LogP contribution in [0.15, 0.2) is 30.5 Å². The lowest BCUT2D eigenvalue weighted by atomic mass is 10.1. The number of hydrogen-bond donors (Lipinski definition) is 0. The van der Waals surface area contributed by atoms with Crippen molar-refractivity contribution in [3.8, 4) is 5.69 Å². The molecule has 2 aromatic rings. The maximum Gasteiger partial charge on any atom is 0.164 e. The van der Waals surface area contributed by atoms with Gasteiger partial charge < -0.3 is 0 Å². The molecule has 3 nitrogen and oxygen atoms in total. The summed E-state index contributed by atoms with van der Waals surface area (Å²) >= 11 is 5.98. The van der Waals surface area contributed by atoms with Crippen LogP contribution < -0.4 is 0 Å². The van der Waals surface area contributed by atoms with E-state index in [1.807, 2.05) is 38.1 Å². The average Bonchev–Trinajstić information content (AvgIpc) is 2.68. The summed E-state index contributed by atoms with van der Waals surface area (Å²) < 4.78 is 1.65. The number of nitrogens with zero attached hydrogens (tertiary/aromatic N) is 2. The van der Waals surface area contributed by atoms with E-state index in [9.17, 15) is 4.79 Å². The molecule has 4 heteroatoms. The number of Topliss-reactive ketones (excluding diaryl/α,β-unsaturated/α-hetero) is 1. The van der Waals surface area contributed by atoms with Crippen LogP contribution in [0.3, 0.4) is 0 Å². The van der Waals surface area contributed by atoms with Crippen LogP contribution in [0.4, 0.5) is 0 Å². The molecule has 0 atom stereocenters. The fourth-order valence-corrected chi connectivity index (χ4v) is 1.79. The molecular formula is C13H13ClN2O. The summed E-state index contributed by atoms with van der Waals surface area (Å²) in [6.45, 7) is 3.68. The number of para-hydroxylation sites is 1. The summed E-state index contributed by atoms with van der Waals surface area (Å²) in [6.07, 6.45) is 2.20. The number of hydrogen-bond acceptors (Lipinski definition) is 2. The van der Waals surface area contributed by atoms with Crippen LogP contribution in [0.1, 0.15) is 29.4 Å². The van der Waals surface area contributed by atoms with Gasteiger partial charge in [-0.05, 0) is 19.1 Å². The molecule has 0 unspecified atom stereocenters. The van der Waals surface area contributed by atoms with Crippen LogP contribution in [-0.2, 0) is 0 Å². The highest BCUT2D eigenvalue weighted by atomic mass is 35.5. The molecule has 0 fully saturated rings. The lowest BCUT2D eigenvalue weighted by Gasteiger charge is -2.07. The van der Waals surface area contributed by atoms with Gasteiger partial charge >= 0.3 is 0 Å². The third-order valence-electron chi connectivity index (χ3n) is 2.61. The summed E-state index contributed by atoms with van der Waals surface area (Å²) in [5, 5.41) is 4.89. The van der Waals surface area contributed by atoms with E-state index in [0.717, 1.165) is 11.4 Å². The molecule has 0 aliphatic rings. The van der Waals surface area contributed by atoms with Gasteiger partial charge in [-0.15, -0.1) is 0 Å². The van der Waals surface area contributed by atoms with Gasteiger partial charge in [-0.1, -0.05) is 30.7 Å². The third kappa shape index (κ3) is 2.24. The second-order valence-corrected chi connectivity index (χ2v) is 4.21. The van der Waals surface area contributed by atoms with E-state index in [2.05, 4.69) is 5.10 Å². The summed E-state index contributed by atoms with van der Waals surface area (Å²) in [7, 11) is 0. The molecule has 0 aliphatic heterocycles. The first-order chi connectivity index (χ1) is 8.13. The molecule has 0 saturated carbocycles. The molecular weight excluding hydrogens is 236 g/mol. The molecule has 0 radical (unpaired) electrons. The molecule has 0 aliphatic carbocycles. The van der Waals surface area contributed by atoms with E-state index >= 15 is 0 Å². The van der Waals surface area contributed by atoms with Gasteiger partial charge in [-0.2, -0.15) is 5.10 Å². The first-order valence-corrected chi connectivity index (χ1v) is 5.85. The minimum atomic E-state index is 0.102. The molecule has 0 bridgehead atoms. The highest BCUT2D eigenvalue weighted by Gasteiger charge is 2.12. The number of benzene rings is 1. The standard InChI is InChI=1S/C13H13ClN2O/c1-3-13(17)10-6-4-5-7-12(10)16-8-11(14)9(2)15-16/h4-8H,3H2,1-2H3. The predicted molar refractivity (Wildman–Crippen MR) is 67.9 cm³/mol. The normalized spacial score (nSPS) is 10.5. The van der Waals surface area contributed by atoms with E-state index < -0.39 is 0 Å². The largest absolute Gasteiger partial charge is 0.294 e. The zero-order chi connectivity index (χ0) is 12.4. The minimum Gasteiger partial charge on any atom is -0.294 e. The lowest BCUT2D eigenvalue weighted by molar-refractivity contribution is 0.0988. The highest BCUT2D eigenvalue weighted by Crippen LogP contribution is 2.20. The number of carbonyl (C=O) groups excluding carboxylic acids is 1. The zero-order valence-corrected chi connectivity index (χ0v) is 10.5. The monoisotopic (exact) mass is 248 g/mol. The van der Waals surface area contributed by atoms with Gasteiger partial charge in [0.25, 0.3) is 0 Å². The molecule has 0 spiro atoms. The Morgan fingerprint density at radius 3 is 2.71 bits per heavy atom. The quantitative estimate of drug-likeness (QED) is 0.780. The number of halogens is 1. The Morgan fingerprint density at radius 1 is 1.41 bits per heavy atom. The van der Waals surface area contributed by atoms with Gasteiger partial charge in [0.05, 0.1) is 16.4 Å². The SMILES string of the molecule is CCC(=O)c1ccccc1-n1cc(Cl)c(C)n1. The lowest BCUT2D eigenvalue weighted by Crippen LogP contribution is -2.05.